The van der Waals surface area contributed by atoms with E-state index < -0.39 is 0 Å². The van der Waals surface area contributed by atoms with Crippen molar-refractivity contribution >= 4 is 5.82 Å². The molecule has 0 aliphatic heterocycles. The van der Waals surface area contributed by atoms with Crippen LogP contribution in [0.5, 0.6) is 0 Å². The summed E-state index contributed by atoms with van der Waals surface area (Å²) in [5.74, 6) is 0.597. The Kier molecular flexibility index (Phi) is 2.53. The van der Waals surface area contributed by atoms with Gasteiger partial charge in [0.1, 0.15) is 5.82 Å². The Morgan fingerprint density at radius 3 is 2.44 bits per heavy atom. The van der Waals surface area contributed by atoms with Gasteiger partial charge < -0.3 is 5.73 Å². The molecule has 0 saturated heterocycles. The van der Waals surface area contributed by atoms with Gasteiger partial charge in [0.15, 0.2) is 0 Å². The molecule has 18 heavy (non-hydrogen) atoms. The van der Waals surface area contributed by atoms with E-state index in [4.69, 9.17) is 5.73 Å². The molecule has 0 aliphatic carbocycles. The van der Waals surface area contributed by atoms with E-state index >= 15 is 0 Å². The monoisotopic (exact) mass is 236 g/mol. The normalized spacial score (nSPS) is 10.4. The predicted molar refractivity (Wildman–Crippen MR) is 71.2 cm³/mol. The van der Waals surface area contributed by atoms with Gasteiger partial charge in [-0.1, -0.05) is 24.3 Å². The van der Waals surface area contributed by atoms with Gasteiger partial charge in [-0.25, -0.2) is 4.68 Å². The van der Waals surface area contributed by atoms with Crippen LogP contribution in [-0.4, -0.2) is 14.8 Å². The maximum absolute atomic E-state index is 6.13. The minimum absolute atomic E-state index is 0.597. The van der Waals surface area contributed by atoms with Crippen molar-refractivity contribution in [1.29, 1.82) is 0 Å². The van der Waals surface area contributed by atoms with Gasteiger partial charge in [-0.05, 0) is 24.3 Å². The molecule has 2 aromatic heterocycles. The van der Waals surface area contributed by atoms with Crippen LogP contribution in [0.1, 0.15) is 0 Å². The molecule has 3 aromatic rings. The highest BCUT2D eigenvalue weighted by Gasteiger charge is 2.10. The first-order valence-corrected chi connectivity index (χ1v) is 5.66. The van der Waals surface area contributed by atoms with Crippen molar-refractivity contribution in [1.82, 2.24) is 14.8 Å². The van der Waals surface area contributed by atoms with E-state index in [1.165, 1.54) is 0 Å². The van der Waals surface area contributed by atoms with Gasteiger partial charge >= 0.3 is 0 Å². The number of nitrogens with zero attached hydrogens (tertiary/aromatic N) is 3. The summed E-state index contributed by atoms with van der Waals surface area (Å²) < 4.78 is 1.71. The van der Waals surface area contributed by atoms with E-state index in [1.54, 1.807) is 17.1 Å². The van der Waals surface area contributed by atoms with Crippen molar-refractivity contribution < 1.29 is 0 Å². The molecule has 2 heterocycles. The highest BCUT2D eigenvalue weighted by Crippen LogP contribution is 2.25. The summed E-state index contributed by atoms with van der Waals surface area (Å²) in [7, 11) is 0. The summed E-state index contributed by atoms with van der Waals surface area (Å²) in [5, 5.41) is 4.31. The lowest BCUT2D eigenvalue weighted by Gasteiger charge is -2.04. The molecule has 0 unspecified atom stereocenters. The van der Waals surface area contributed by atoms with Crippen LogP contribution >= 0.6 is 0 Å². The second kappa shape index (κ2) is 4.33. The summed E-state index contributed by atoms with van der Waals surface area (Å²) in [5.41, 5.74) is 8.75. The zero-order valence-corrected chi connectivity index (χ0v) is 9.69. The molecule has 2 N–H and O–H groups in total. The maximum atomic E-state index is 6.13. The number of nitrogens with two attached hydrogens (primary N) is 1. The van der Waals surface area contributed by atoms with E-state index in [2.05, 4.69) is 10.1 Å². The lowest BCUT2D eigenvalue weighted by Crippen LogP contribution is -2.02. The standard InChI is InChI=1S/C14H12N4/c15-14-12(13-8-4-5-9-16-13)10-17-18(14)11-6-2-1-3-7-11/h1-10H,15H2. The first-order chi connectivity index (χ1) is 8.86. The van der Waals surface area contributed by atoms with E-state index in [9.17, 15) is 0 Å². The van der Waals surface area contributed by atoms with E-state index in [0.29, 0.717) is 5.82 Å². The van der Waals surface area contributed by atoms with Crippen LogP contribution in [0, 0.1) is 0 Å². The molecular formula is C14H12N4. The fourth-order valence-corrected chi connectivity index (χ4v) is 1.85. The van der Waals surface area contributed by atoms with Crippen LogP contribution in [0.25, 0.3) is 16.9 Å². The quantitative estimate of drug-likeness (QED) is 0.743. The summed E-state index contributed by atoms with van der Waals surface area (Å²) in [4.78, 5) is 4.28. The first-order valence-electron chi connectivity index (χ1n) is 5.66. The molecule has 4 heteroatoms. The smallest absolute Gasteiger partial charge is 0.136 e. The SMILES string of the molecule is Nc1c(-c2ccccn2)cnn1-c1ccccc1. The number of rotatable bonds is 2. The van der Waals surface area contributed by atoms with Gasteiger partial charge in [0, 0.05) is 6.20 Å². The average molecular weight is 236 g/mol. The predicted octanol–water partition coefficient (Wildman–Crippen LogP) is 2.52. The van der Waals surface area contributed by atoms with Crippen molar-refractivity contribution in [2.75, 3.05) is 5.73 Å². The van der Waals surface area contributed by atoms with Gasteiger partial charge in [-0.2, -0.15) is 5.10 Å². The summed E-state index contributed by atoms with van der Waals surface area (Å²) >= 11 is 0. The molecule has 4 nitrogen and oxygen atoms in total. The fourth-order valence-electron chi connectivity index (χ4n) is 1.85. The van der Waals surface area contributed by atoms with Crippen LogP contribution in [0.4, 0.5) is 5.82 Å². The molecule has 0 bridgehead atoms. The number of para-hydroxylation sites is 1. The van der Waals surface area contributed by atoms with E-state index in [-0.39, 0.29) is 0 Å². The van der Waals surface area contributed by atoms with Gasteiger partial charge in [-0.15, -0.1) is 0 Å². The molecule has 0 saturated carbocycles. The molecular weight excluding hydrogens is 224 g/mol. The van der Waals surface area contributed by atoms with Crippen LogP contribution in [0.15, 0.2) is 60.9 Å². The van der Waals surface area contributed by atoms with E-state index in [0.717, 1.165) is 16.9 Å². The highest BCUT2D eigenvalue weighted by atomic mass is 15.3. The lowest BCUT2D eigenvalue weighted by molar-refractivity contribution is 0.891. The third kappa shape index (κ3) is 1.73. The topological polar surface area (TPSA) is 56.7 Å². The lowest BCUT2D eigenvalue weighted by atomic mass is 10.2. The first kappa shape index (κ1) is 10.5. The number of hydrogen-bond acceptors (Lipinski definition) is 3. The van der Waals surface area contributed by atoms with Crippen molar-refractivity contribution in [2.45, 2.75) is 0 Å². The van der Waals surface area contributed by atoms with Crippen molar-refractivity contribution in [2.24, 2.45) is 0 Å². The second-order valence-electron chi connectivity index (χ2n) is 3.91. The Morgan fingerprint density at radius 1 is 0.944 bits per heavy atom. The molecule has 1 aromatic carbocycles. The van der Waals surface area contributed by atoms with Crippen LogP contribution in [-0.2, 0) is 0 Å². The van der Waals surface area contributed by atoms with Crippen LogP contribution in [0.2, 0.25) is 0 Å². The second-order valence-corrected chi connectivity index (χ2v) is 3.91. The summed E-state index contributed by atoms with van der Waals surface area (Å²) in [6, 6.07) is 15.5. The van der Waals surface area contributed by atoms with Crippen LogP contribution in [0.3, 0.4) is 0 Å². The van der Waals surface area contributed by atoms with Gasteiger partial charge in [-0.3, -0.25) is 4.98 Å². The summed E-state index contributed by atoms with van der Waals surface area (Å²) in [6.07, 6.45) is 3.49. The molecule has 0 aliphatic rings. The summed E-state index contributed by atoms with van der Waals surface area (Å²) in [6.45, 7) is 0. The number of nitrogen functional groups attached to an aromatic ring is 1. The molecule has 3 rings (SSSR count). The Hall–Kier alpha value is -2.62. The van der Waals surface area contributed by atoms with Gasteiger partial charge in [0.2, 0.25) is 0 Å². The minimum atomic E-state index is 0.597. The van der Waals surface area contributed by atoms with Gasteiger partial charge in [0.25, 0.3) is 0 Å². The third-order valence-electron chi connectivity index (χ3n) is 2.75. The highest BCUT2D eigenvalue weighted by molar-refractivity contribution is 5.71. The Balaban J connectivity index is 2.09. The Bertz CT molecular complexity index is 587. The van der Waals surface area contributed by atoms with Crippen molar-refractivity contribution in [3.8, 4) is 16.9 Å². The Labute approximate surface area is 105 Å². The zero-order chi connectivity index (χ0) is 12.4. The maximum Gasteiger partial charge on any atom is 0.136 e. The molecule has 0 fully saturated rings. The minimum Gasteiger partial charge on any atom is -0.383 e. The number of aromatic nitrogens is 3. The number of benzene rings is 1. The number of pyridine rings is 1. The van der Waals surface area contributed by atoms with Crippen LogP contribution < -0.4 is 5.73 Å². The number of hydrogen-bond donors (Lipinski definition) is 1. The molecule has 88 valence electrons. The fraction of sp³-hybridized carbons (Fsp3) is 0. The average Bonchev–Trinajstić information content (AvgIpc) is 2.83. The molecule has 0 atom stereocenters. The van der Waals surface area contributed by atoms with Crippen molar-refractivity contribution in [3.63, 3.8) is 0 Å². The molecule has 0 radical (unpaired) electrons. The Morgan fingerprint density at radius 2 is 1.72 bits per heavy atom. The largest absolute Gasteiger partial charge is 0.383 e. The molecule has 0 spiro atoms. The van der Waals surface area contributed by atoms with E-state index in [1.807, 2.05) is 48.5 Å². The zero-order valence-electron chi connectivity index (χ0n) is 9.69. The van der Waals surface area contributed by atoms with Crippen molar-refractivity contribution in [3.05, 3.63) is 60.9 Å². The third-order valence-corrected chi connectivity index (χ3v) is 2.75. The van der Waals surface area contributed by atoms with Gasteiger partial charge in [0.05, 0.1) is 23.1 Å². The number of anilines is 1. The molecule has 0 amide bonds.